The molecule has 2 aliphatic rings. The van der Waals surface area contributed by atoms with E-state index in [9.17, 15) is 19.2 Å². The first-order valence-electron chi connectivity index (χ1n) is 12.2. The normalized spacial score (nSPS) is 24.9. The maximum absolute atomic E-state index is 12.5. The van der Waals surface area contributed by atoms with Gasteiger partial charge in [0.25, 0.3) is 0 Å². The van der Waals surface area contributed by atoms with Crippen molar-refractivity contribution in [2.45, 2.75) is 83.2 Å². The van der Waals surface area contributed by atoms with Crippen LogP contribution in [0.25, 0.3) is 0 Å². The van der Waals surface area contributed by atoms with E-state index in [1.54, 1.807) is 0 Å². The highest BCUT2D eigenvalue weighted by molar-refractivity contribution is 5.81. The average molecular weight is 467 g/mol. The Labute approximate surface area is 196 Å². The molecule has 2 fully saturated rings. The summed E-state index contributed by atoms with van der Waals surface area (Å²) in [5, 5.41) is 0. The Kier molecular flexibility index (Phi) is 12.0. The van der Waals surface area contributed by atoms with Gasteiger partial charge in [-0.15, -0.1) is 0 Å². The van der Waals surface area contributed by atoms with Crippen LogP contribution in [0.2, 0.25) is 0 Å². The van der Waals surface area contributed by atoms with E-state index in [2.05, 4.69) is 6.58 Å². The largest absolute Gasteiger partial charge is 0.469 e. The molecule has 0 unspecified atom stereocenters. The molecule has 0 radical (unpaired) electrons. The maximum Gasteiger partial charge on any atom is 0.330 e. The number of unbranched alkanes of at least 4 members (excludes halogenated alkanes) is 3. The predicted octanol–water partition coefficient (Wildman–Crippen LogP) is 3.90. The van der Waals surface area contributed by atoms with Crippen molar-refractivity contribution in [1.29, 1.82) is 0 Å². The number of carbonyl (C=O) groups is 4. The minimum Gasteiger partial charge on any atom is -0.469 e. The number of methoxy groups -OCH3 is 1. The van der Waals surface area contributed by atoms with Gasteiger partial charge in [0.15, 0.2) is 0 Å². The summed E-state index contributed by atoms with van der Waals surface area (Å²) in [4.78, 5) is 47.4. The van der Waals surface area contributed by atoms with Crippen LogP contribution in [0.1, 0.15) is 77.0 Å². The zero-order valence-corrected chi connectivity index (χ0v) is 19.8. The molecule has 0 aliphatic heterocycles. The summed E-state index contributed by atoms with van der Waals surface area (Å²) in [6.45, 7) is 4.11. The topological polar surface area (TPSA) is 105 Å². The maximum atomic E-state index is 12.5. The van der Waals surface area contributed by atoms with E-state index in [1.165, 1.54) is 7.11 Å². The van der Waals surface area contributed by atoms with Crippen LogP contribution in [0.3, 0.4) is 0 Å². The molecule has 0 bridgehead atoms. The van der Waals surface area contributed by atoms with Crippen molar-refractivity contribution in [3.63, 3.8) is 0 Å². The van der Waals surface area contributed by atoms with Gasteiger partial charge in [-0.05, 0) is 77.0 Å². The van der Waals surface area contributed by atoms with E-state index in [0.717, 1.165) is 31.8 Å². The first-order chi connectivity index (χ1) is 15.9. The Hall–Kier alpha value is -2.38. The lowest BCUT2D eigenvalue weighted by Crippen LogP contribution is -2.33. The second kappa shape index (κ2) is 14.7. The second-order valence-electron chi connectivity index (χ2n) is 8.94. The molecular formula is C25H38O8. The Morgan fingerprint density at radius 2 is 1.18 bits per heavy atom. The van der Waals surface area contributed by atoms with Crippen LogP contribution in [-0.4, -0.2) is 50.3 Å². The van der Waals surface area contributed by atoms with Crippen LogP contribution in [0, 0.1) is 17.8 Å². The highest BCUT2D eigenvalue weighted by atomic mass is 16.5. The van der Waals surface area contributed by atoms with Gasteiger partial charge >= 0.3 is 23.9 Å². The van der Waals surface area contributed by atoms with Gasteiger partial charge in [0.2, 0.25) is 0 Å². The van der Waals surface area contributed by atoms with Crippen molar-refractivity contribution < 1.29 is 38.1 Å². The van der Waals surface area contributed by atoms with Crippen LogP contribution < -0.4 is 0 Å². The molecule has 0 atom stereocenters. The molecule has 0 spiro atoms. The van der Waals surface area contributed by atoms with Crippen LogP contribution in [-0.2, 0) is 38.1 Å². The molecule has 2 aliphatic carbocycles. The van der Waals surface area contributed by atoms with Gasteiger partial charge in [0.1, 0.15) is 6.10 Å². The Morgan fingerprint density at radius 1 is 0.697 bits per heavy atom. The number of hydrogen-bond acceptors (Lipinski definition) is 8. The zero-order valence-electron chi connectivity index (χ0n) is 19.8. The van der Waals surface area contributed by atoms with Crippen LogP contribution in [0.15, 0.2) is 12.7 Å². The lowest BCUT2D eigenvalue weighted by atomic mass is 9.82. The van der Waals surface area contributed by atoms with Crippen molar-refractivity contribution in [3.05, 3.63) is 12.7 Å². The highest BCUT2D eigenvalue weighted by Gasteiger charge is 2.34. The molecule has 33 heavy (non-hydrogen) atoms. The van der Waals surface area contributed by atoms with Gasteiger partial charge in [0.05, 0.1) is 38.1 Å². The number of hydrogen-bond donors (Lipinski definition) is 0. The number of rotatable bonds is 12. The number of ether oxygens (including phenoxy) is 4. The molecule has 0 aromatic rings. The SMILES string of the molecule is C=CC(=O)OCCCCCCOC(=O)C1CCC(C(=O)OC2CCC(C(=O)OC)CC2)CC1. The first kappa shape index (κ1) is 26.9. The van der Waals surface area contributed by atoms with E-state index in [4.69, 9.17) is 18.9 Å². The molecule has 0 aromatic heterocycles. The zero-order chi connectivity index (χ0) is 24.1. The third-order valence-electron chi connectivity index (χ3n) is 6.58. The van der Waals surface area contributed by atoms with Gasteiger partial charge < -0.3 is 18.9 Å². The lowest BCUT2D eigenvalue weighted by Gasteiger charge is -2.30. The summed E-state index contributed by atoms with van der Waals surface area (Å²) in [7, 11) is 1.40. The van der Waals surface area contributed by atoms with Gasteiger partial charge in [-0.25, -0.2) is 4.79 Å². The summed E-state index contributed by atoms with van der Waals surface area (Å²) >= 11 is 0. The average Bonchev–Trinajstić information content (AvgIpc) is 2.85. The van der Waals surface area contributed by atoms with E-state index in [-0.39, 0.29) is 41.8 Å². The van der Waals surface area contributed by atoms with E-state index >= 15 is 0 Å². The van der Waals surface area contributed by atoms with E-state index < -0.39 is 5.97 Å². The van der Waals surface area contributed by atoms with Crippen molar-refractivity contribution >= 4 is 23.9 Å². The van der Waals surface area contributed by atoms with Crippen LogP contribution >= 0.6 is 0 Å². The van der Waals surface area contributed by atoms with Gasteiger partial charge in [-0.3, -0.25) is 14.4 Å². The molecule has 0 N–H and O–H groups in total. The Balaban J connectivity index is 1.53. The minimum atomic E-state index is -0.408. The molecule has 2 rings (SSSR count). The van der Waals surface area contributed by atoms with Crippen LogP contribution in [0.4, 0.5) is 0 Å². The molecule has 186 valence electrons. The summed E-state index contributed by atoms with van der Waals surface area (Å²) in [6, 6.07) is 0. The summed E-state index contributed by atoms with van der Waals surface area (Å²) < 4.78 is 20.8. The third kappa shape index (κ3) is 9.56. The summed E-state index contributed by atoms with van der Waals surface area (Å²) in [5.74, 6) is -1.35. The van der Waals surface area contributed by atoms with Crippen molar-refractivity contribution in [2.75, 3.05) is 20.3 Å². The third-order valence-corrected chi connectivity index (χ3v) is 6.58. The van der Waals surface area contributed by atoms with E-state index in [0.29, 0.717) is 64.6 Å². The molecule has 0 saturated heterocycles. The monoisotopic (exact) mass is 466 g/mol. The molecule has 2 saturated carbocycles. The highest BCUT2D eigenvalue weighted by Crippen LogP contribution is 2.33. The molecule has 8 nitrogen and oxygen atoms in total. The van der Waals surface area contributed by atoms with Crippen LogP contribution in [0.5, 0.6) is 0 Å². The summed E-state index contributed by atoms with van der Waals surface area (Å²) in [5.41, 5.74) is 0. The van der Waals surface area contributed by atoms with Gasteiger partial charge in [-0.2, -0.15) is 0 Å². The van der Waals surface area contributed by atoms with Gasteiger partial charge in [0, 0.05) is 6.08 Å². The molecule has 0 aromatic carbocycles. The molecule has 0 heterocycles. The Bertz CT molecular complexity index is 657. The van der Waals surface area contributed by atoms with E-state index in [1.807, 2.05) is 0 Å². The fourth-order valence-electron chi connectivity index (χ4n) is 4.49. The molecule has 8 heteroatoms. The predicted molar refractivity (Wildman–Crippen MR) is 120 cm³/mol. The Morgan fingerprint density at radius 3 is 1.73 bits per heavy atom. The lowest BCUT2D eigenvalue weighted by molar-refractivity contribution is -0.161. The second-order valence-corrected chi connectivity index (χ2v) is 8.94. The molecule has 0 amide bonds. The van der Waals surface area contributed by atoms with Gasteiger partial charge in [-0.1, -0.05) is 6.58 Å². The fourth-order valence-corrected chi connectivity index (χ4v) is 4.49. The smallest absolute Gasteiger partial charge is 0.330 e. The standard InChI is InChI=1S/C25H38O8/c1-3-22(26)31-16-6-4-5-7-17-32-24(28)19-8-10-20(11-9-19)25(29)33-21-14-12-18(13-15-21)23(27)30-2/h3,18-21H,1,4-17H2,2H3. The minimum absolute atomic E-state index is 0.0894. The van der Waals surface area contributed by atoms with Crippen molar-refractivity contribution in [1.82, 2.24) is 0 Å². The fraction of sp³-hybridized carbons (Fsp3) is 0.760. The summed E-state index contributed by atoms with van der Waals surface area (Å²) in [6.07, 6.45) is 9.69. The van der Waals surface area contributed by atoms with Crippen molar-refractivity contribution in [2.24, 2.45) is 17.8 Å². The quantitative estimate of drug-likeness (QED) is 0.185. The van der Waals surface area contributed by atoms with Crippen molar-refractivity contribution in [3.8, 4) is 0 Å². The first-order valence-corrected chi connectivity index (χ1v) is 12.2. The number of esters is 4. The molecular weight excluding hydrogens is 428 g/mol. The number of carbonyl (C=O) groups excluding carboxylic acids is 4.